The van der Waals surface area contributed by atoms with Gasteiger partial charge in [0.25, 0.3) is 0 Å². The van der Waals surface area contributed by atoms with E-state index in [2.05, 4.69) is 42.2 Å². The zero-order valence-electron chi connectivity index (χ0n) is 9.30. The number of benzene rings is 1. The van der Waals surface area contributed by atoms with Gasteiger partial charge in [-0.15, -0.1) is 0 Å². The average Bonchev–Trinajstić information content (AvgIpc) is 2.33. The van der Waals surface area contributed by atoms with Crippen molar-refractivity contribution in [1.29, 1.82) is 0 Å². The van der Waals surface area contributed by atoms with E-state index in [1.54, 1.807) is 24.4 Å². The Bertz CT molecular complexity index is 583. The number of alkyl halides is 3. The molecule has 0 radical (unpaired) electrons. The van der Waals surface area contributed by atoms with Crippen LogP contribution in [0.4, 0.5) is 24.7 Å². The smallest absolute Gasteiger partial charge is 0.340 e. The third-order valence-electron chi connectivity index (χ3n) is 2.27. The zero-order valence-corrected chi connectivity index (χ0v) is 12.5. The molecule has 2 nitrogen and oxygen atoms in total. The highest BCUT2D eigenvalue weighted by Crippen LogP contribution is 2.36. The van der Waals surface area contributed by atoms with Crippen LogP contribution >= 0.6 is 31.9 Å². The van der Waals surface area contributed by atoms with E-state index in [-0.39, 0.29) is 4.47 Å². The molecule has 2 rings (SSSR count). The van der Waals surface area contributed by atoms with Crippen LogP contribution in [-0.2, 0) is 6.18 Å². The molecule has 0 unspecified atom stereocenters. The summed E-state index contributed by atoms with van der Waals surface area (Å²) in [5, 5.41) is 2.82. The Hall–Kier alpha value is -1.08. The molecule has 1 heterocycles. The number of nitrogens with one attached hydrogen (secondary N) is 1. The molecular formula is C12H7Br2F3N2. The van der Waals surface area contributed by atoms with Crippen LogP contribution in [0.25, 0.3) is 0 Å². The summed E-state index contributed by atoms with van der Waals surface area (Å²) in [6, 6.07) is 7.35. The van der Waals surface area contributed by atoms with E-state index >= 15 is 0 Å². The van der Waals surface area contributed by atoms with Crippen molar-refractivity contribution in [3.63, 3.8) is 0 Å². The Balaban J connectivity index is 2.29. The minimum atomic E-state index is -4.40. The molecule has 0 aliphatic carbocycles. The molecule has 0 fully saturated rings. The monoisotopic (exact) mass is 394 g/mol. The van der Waals surface area contributed by atoms with Gasteiger partial charge < -0.3 is 5.32 Å². The second kappa shape index (κ2) is 5.50. The second-order valence-corrected chi connectivity index (χ2v) is 5.45. The van der Waals surface area contributed by atoms with Crippen LogP contribution in [0.5, 0.6) is 0 Å². The van der Waals surface area contributed by atoms with E-state index in [4.69, 9.17) is 0 Å². The third-order valence-corrected chi connectivity index (χ3v) is 3.43. The number of pyridine rings is 1. The summed E-state index contributed by atoms with van der Waals surface area (Å²) >= 11 is 6.12. The van der Waals surface area contributed by atoms with Gasteiger partial charge in [-0.2, -0.15) is 13.2 Å². The highest BCUT2D eigenvalue weighted by molar-refractivity contribution is 9.10. The largest absolute Gasteiger partial charge is 0.417 e. The van der Waals surface area contributed by atoms with Gasteiger partial charge in [0, 0.05) is 20.8 Å². The lowest BCUT2D eigenvalue weighted by molar-refractivity contribution is -0.138. The number of rotatable bonds is 2. The highest BCUT2D eigenvalue weighted by atomic mass is 79.9. The topological polar surface area (TPSA) is 24.9 Å². The van der Waals surface area contributed by atoms with Gasteiger partial charge in [0.1, 0.15) is 5.82 Å². The van der Waals surface area contributed by atoms with Crippen molar-refractivity contribution >= 4 is 43.4 Å². The number of anilines is 2. The summed E-state index contributed by atoms with van der Waals surface area (Å²) in [7, 11) is 0. The average molecular weight is 396 g/mol. The Kier molecular flexibility index (Phi) is 4.15. The fourth-order valence-corrected chi connectivity index (χ4v) is 2.12. The van der Waals surface area contributed by atoms with Gasteiger partial charge in [0.15, 0.2) is 0 Å². The molecule has 0 aliphatic rings. The van der Waals surface area contributed by atoms with Crippen LogP contribution in [0.15, 0.2) is 45.5 Å². The lowest BCUT2D eigenvalue weighted by Gasteiger charge is -2.12. The summed E-state index contributed by atoms with van der Waals surface area (Å²) < 4.78 is 39.0. The summed E-state index contributed by atoms with van der Waals surface area (Å²) in [4.78, 5) is 4.04. The molecule has 2 aromatic rings. The first kappa shape index (κ1) is 14.3. The van der Waals surface area contributed by atoms with E-state index in [0.717, 1.165) is 10.5 Å². The number of aromatic nitrogens is 1. The predicted molar refractivity (Wildman–Crippen MR) is 74.4 cm³/mol. The number of nitrogens with zero attached hydrogens (tertiary/aromatic N) is 1. The van der Waals surface area contributed by atoms with Gasteiger partial charge in [-0.25, -0.2) is 4.98 Å². The molecule has 0 atom stereocenters. The van der Waals surface area contributed by atoms with Gasteiger partial charge in [0.05, 0.1) is 5.56 Å². The first-order valence-electron chi connectivity index (χ1n) is 5.11. The molecule has 1 aromatic carbocycles. The van der Waals surface area contributed by atoms with Crippen LogP contribution in [0.2, 0.25) is 0 Å². The normalized spacial score (nSPS) is 11.4. The molecule has 0 bridgehead atoms. The SMILES string of the molecule is FC(F)(F)c1cc(Nc2ccc(Br)cn2)ccc1Br. The van der Waals surface area contributed by atoms with Gasteiger partial charge in [-0.05, 0) is 46.3 Å². The number of hydrogen-bond acceptors (Lipinski definition) is 2. The Morgan fingerprint density at radius 3 is 2.37 bits per heavy atom. The number of halogens is 5. The van der Waals surface area contributed by atoms with Crippen molar-refractivity contribution in [3.8, 4) is 0 Å². The van der Waals surface area contributed by atoms with E-state index in [1.165, 1.54) is 6.07 Å². The lowest BCUT2D eigenvalue weighted by Crippen LogP contribution is -2.06. The summed E-state index contributed by atoms with van der Waals surface area (Å²) in [6.07, 6.45) is -2.84. The Morgan fingerprint density at radius 2 is 1.79 bits per heavy atom. The van der Waals surface area contributed by atoms with E-state index in [1.807, 2.05) is 0 Å². The number of hydrogen-bond donors (Lipinski definition) is 1. The first-order chi connectivity index (χ1) is 8.86. The minimum absolute atomic E-state index is 0.00863. The van der Waals surface area contributed by atoms with Crippen molar-refractivity contribution in [2.24, 2.45) is 0 Å². The molecule has 0 saturated carbocycles. The molecule has 0 saturated heterocycles. The summed E-state index contributed by atoms with van der Waals surface area (Å²) in [6.45, 7) is 0. The van der Waals surface area contributed by atoms with Crippen molar-refractivity contribution < 1.29 is 13.2 Å². The van der Waals surface area contributed by atoms with Gasteiger partial charge in [-0.3, -0.25) is 0 Å². The van der Waals surface area contributed by atoms with Crippen LogP contribution in [-0.4, -0.2) is 4.98 Å². The minimum Gasteiger partial charge on any atom is -0.340 e. The molecule has 19 heavy (non-hydrogen) atoms. The molecule has 0 amide bonds. The summed E-state index contributed by atoms with van der Waals surface area (Å²) in [5.41, 5.74) is -0.403. The van der Waals surface area contributed by atoms with E-state index in [0.29, 0.717) is 11.5 Å². The van der Waals surface area contributed by atoms with Gasteiger partial charge >= 0.3 is 6.18 Å². The quantitative estimate of drug-likeness (QED) is 0.739. The van der Waals surface area contributed by atoms with Crippen LogP contribution in [0, 0.1) is 0 Å². The fourth-order valence-electron chi connectivity index (χ4n) is 1.42. The molecule has 100 valence electrons. The van der Waals surface area contributed by atoms with Crippen molar-refractivity contribution in [1.82, 2.24) is 4.98 Å². The standard InChI is InChI=1S/C12H7Br2F3N2/c13-7-1-4-11(18-6-7)19-8-2-3-10(14)9(5-8)12(15,16)17/h1-6H,(H,18,19). The van der Waals surface area contributed by atoms with Crippen LogP contribution in [0.1, 0.15) is 5.56 Å². The van der Waals surface area contributed by atoms with Crippen molar-refractivity contribution in [3.05, 3.63) is 51.0 Å². The van der Waals surface area contributed by atoms with Crippen LogP contribution in [0.3, 0.4) is 0 Å². The summed E-state index contributed by atoms with van der Waals surface area (Å²) in [5.74, 6) is 0.471. The molecule has 0 spiro atoms. The Labute approximate surface area is 124 Å². The maximum absolute atomic E-state index is 12.7. The van der Waals surface area contributed by atoms with E-state index < -0.39 is 11.7 Å². The van der Waals surface area contributed by atoms with Crippen molar-refractivity contribution in [2.45, 2.75) is 6.18 Å². The van der Waals surface area contributed by atoms with Gasteiger partial charge in [0.2, 0.25) is 0 Å². The predicted octanol–water partition coefficient (Wildman–Crippen LogP) is 5.37. The molecular weight excluding hydrogens is 389 g/mol. The fraction of sp³-hybridized carbons (Fsp3) is 0.0833. The Morgan fingerprint density at radius 1 is 1.05 bits per heavy atom. The molecule has 1 aromatic heterocycles. The highest BCUT2D eigenvalue weighted by Gasteiger charge is 2.33. The second-order valence-electron chi connectivity index (χ2n) is 3.68. The maximum Gasteiger partial charge on any atom is 0.417 e. The molecule has 1 N–H and O–H groups in total. The zero-order chi connectivity index (χ0) is 14.0. The van der Waals surface area contributed by atoms with Gasteiger partial charge in [-0.1, -0.05) is 15.9 Å². The molecule has 7 heteroatoms. The third kappa shape index (κ3) is 3.70. The first-order valence-corrected chi connectivity index (χ1v) is 6.70. The lowest BCUT2D eigenvalue weighted by atomic mass is 10.2. The van der Waals surface area contributed by atoms with E-state index in [9.17, 15) is 13.2 Å². The maximum atomic E-state index is 12.7. The van der Waals surface area contributed by atoms with Crippen molar-refractivity contribution in [2.75, 3.05) is 5.32 Å². The molecule has 0 aliphatic heterocycles. The van der Waals surface area contributed by atoms with Crippen LogP contribution < -0.4 is 5.32 Å².